The van der Waals surface area contributed by atoms with E-state index in [1.165, 1.54) is 23.9 Å². The Morgan fingerprint density at radius 1 is 0.483 bits per heavy atom. The van der Waals surface area contributed by atoms with E-state index in [4.69, 9.17) is 34.4 Å². The molecule has 24 N–H and O–H groups in total. The first-order chi connectivity index (χ1) is 42.4. The minimum Gasteiger partial charge on any atom is -0.508 e. The normalized spacial score (nSPS) is 13.3. The Labute approximate surface area is 537 Å². The van der Waals surface area contributed by atoms with Crippen LogP contribution in [0, 0.1) is 5.92 Å². The maximum Gasteiger partial charge on any atom is 0.312 e. The highest BCUT2D eigenvalue weighted by Crippen LogP contribution is 2.14. The van der Waals surface area contributed by atoms with Crippen LogP contribution in [0.25, 0.3) is 0 Å². The Kier molecular flexibility index (Phi) is 43.1. The summed E-state index contributed by atoms with van der Waals surface area (Å²) in [7, 11) is 0. The lowest BCUT2D eigenvalue weighted by Gasteiger charge is -2.27. The number of thiol groups is 2. The highest BCUT2D eigenvalue weighted by atomic mass is 32.2. The van der Waals surface area contributed by atoms with Crippen molar-refractivity contribution >= 4 is 108 Å². The van der Waals surface area contributed by atoms with E-state index in [-0.39, 0.29) is 93.5 Å². The van der Waals surface area contributed by atoms with Gasteiger partial charge in [-0.25, -0.2) is 4.79 Å². The zero-order valence-corrected chi connectivity index (χ0v) is 54.3. The Bertz CT molecular complexity index is 2390. The lowest BCUT2D eigenvalue weighted by atomic mass is 10.00. The summed E-state index contributed by atoms with van der Waals surface area (Å²) in [6, 6.07) is -1.30. The van der Waals surface area contributed by atoms with Crippen molar-refractivity contribution < 1.29 is 53.1 Å². The molecule has 0 unspecified atom stereocenters. The Hall–Kier alpha value is -6.97. The molecule has 0 aliphatic rings. The number of nitrogens with zero attached hydrogens (tertiary/aromatic N) is 2. The van der Waals surface area contributed by atoms with E-state index in [9.17, 15) is 53.1 Å². The van der Waals surface area contributed by atoms with E-state index in [0.29, 0.717) is 107 Å². The molecule has 0 radical (unpaired) electrons. The van der Waals surface area contributed by atoms with E-state index in [1.54, 1.807) is 26.0 Å². The Morgan fingerprint density at radius 3 is 1.39 bits per heavy atom. The van der Waals surface area contributed by atoms with Crippen molar-refractivity contribution in [2.45, 2.75) is 159 Å². The number of guanidine groups is 2. The number of urea groups is 1. The molecule has 0 bridgehead atoms. The summed E-state index contributed by atoms with van der Waals surface area (Å²) >= 11 is 9.80. The standard InChI is InChI=1S/C56H101N19O11S3/c1-35(2)46(53(85)72-41(32-36-18-20-37(76)21-19-36)49(81)68-28-7-5-17-45(78)66-26-11-9-24-64-42(33-87)47(57)79)75-50(82)38(14-12-29-69-54(58)59)63-23-8-10-25-65-44(77)16-4-6-27-67-48(80)40(22-31-89-3)71-52(84)43(34-88)73-51(83)39(74-56(62)86)15-13-30-70-55(60)61/h18-21,35,38-43,46,63-64,76,87-88H,4-17,22-34H2,1-3H3,(H2,57,79)(H,65,77)(H,66,78)(H,67,80)(H,68,81)(H,71,84)(H,72,85)(H,73,83)(H,75,82)(H4,58,59,69)(H4,60,61,70)(H3,62,74,86)/t38-,39-,40-,41-,42-,43-,46-/m0/s1. The second kappa shape index (κ2) is 48.0. The highest BCUT2D eigenvalue weighted by molar-refractivity contribution is 7.98. The summed E-state index contributed by atoms with van der Waals surface area (Å²) in [5.41, 5.74) is 33.0. The third kappa shape index (κ3) is 38.2. The summed E-state index contributed by atoms with van der Waals surface area (Å²) in [4.78, 5) is 137. The summed E-state index contributed by atoms with van der Waals surface area (Å²) in [5.74, 6) is -4.00. The summed E-state index contributed by atoms with van der Waals surface area (Å²) in [6.45, 7) is 6.18. The topological polar surface area (TPSA) is 504 Å². The lowest BCUT2D eigenvalue weighted by Crippen LogP contribution is -2.58. The number of benzene rings is 1. The maximum atomic E-state index is 14.1. The van der Waals surface area contributed by atoms with Gasteiger partial charge in [0.25, 0.3) is 0 Å². The summed E-state index contributed by atoms with van der Waals surface area (Å²) in [5, 5.41) is 40.9. The van der Waals surface area contributed by atoms with Crippen LogP contribution in [0.5, 0.6) is 5.75 Å². The molecule has 0 aromatic heterocycles. The van der Waals surface area contributed by atoms with Crippen LogP contribution in [0.3, 0.4) is 0 Å². The minimum absolute atomic E-state index is 0.0276. The van der Waals surface area contributed by atoms with Gasteiger partial charge in [0, 0.05) is 70.0 Å². The number of carbonyl (C=O) groups excluding carboxylic acids is 10. The van der Waals surface area contributed by atoms with Crippen molar-refractivity contribution in [1.82, 2.24) is 58.5 Å². The quantitative estimate of drug-likeness (QED) is 0.0134. The summed E-state index contributed by atoms with van der Waals surface area (Å²) < 4.78 is 0. The van der Waals surface area contributed by atoms with Gasteiger partial charge in [-0.2, -0.15) is 37.0 Å². The van der Waals surface area contributed by atoms with Gasteiger partial charge in [-0.05, 0) is 132 Å². The number of carbonyl (C=O) groups is 10. The molecule has 1 aromatic rings. The molecule has 0 saturated heterocycles. The van der Waals surface area contributed by atoms with Gasteiger partial charge in [0.1, 0.15) is 36.0 Å². The van der Waals surface area contributed by atoms with E-state index in [2.05, 4.69) is 93.7 Å². The molecule has 1 aromatic carbocycles. The first-order valence-corrected chi connectivity index (χ1v) is 32.8. The number of nitrogens with one attached hydrogen (secondary N) is 11. The van der Waals surface area contributed by atoms with Crippen LogP contribution >= 0.6 is 37.0 Å². The number of primary amides is 2. The lowest BCUT2D eigenvalue weighted by molar-refractivity contribution is -0.133. The number of thioether (sulfide) groups is 1. The molecule has 89 heavy (non-hydrogen) atoms. The zero-order valence-electron chi connectivity index (χ0n) is 51.7. The molecule has 7 atom stereocenters. The van der Waals surface area contributed by atoms with E-state index < -0.39 is 95.6 Å². The molecule has 11 amide bonds. The highest BCUT2D eigenvalue weighted by Gasteiger charge is 2.32. The van der Waals surface area contributed by atoms with E-state index in [0.717, 1.165) is 6.42 Å². The molecule has 1 rings (SSSR count). The number of nitrogens with two attached hydrogens (primary N) is 6. The molecule has 0 aliphatic carbocycles. The van der Waals surface area contributed by atoms with Gasteiger partial charge in [-0.3, -0.25) is 53.1 Å². The van der Waals surface area contributed by atoms with Crippen LogP contribution in [-0.4, -0.2) is 194 Å². The van der Waals surface area contributed by atoms with E-state index in [1.807, 2.05) is 6.26 Å². The predicted molar refractivity (Wildman–Crippen MR) is 352 cm³/mol. The van der Waals surface area contributed by atoms with Gasteiger partial charge in [0.2, 0.25) is 53.2 Å². The average molecular weight is 1310 g/mol. The molecule has 0 spiro atoms. The van der Waals surface area contributed by atoms with Gasteiger partial charge in [0.15, 0.2) is 11.9 Å². The van der Waals surface area contributed by atoms with Crippen molar-refractivity contribution in [2.75, 3.05) is 75.9 Å². The largest absolute Gasteiger partial charge is 0.508 e. The molecule has 30 nitrogen and oxygen atoms in total. The third-order valence-corrected chi connectivity index (χ3v) is 14.9. The van der Waals surface area contributed by atoms with E-state index >= 15 is 0 Å². The fourth-order valence-corrected chi connectivity index (χ4v) is 9.61. The second-order valence-corrected chi connectivity index (χ2v) is 23.1. The zero-order chi connectivity index (χ0) is 66.5. The third-order valence-electron chi connectivity index (χ3n) is 13.6. The van der Waals surface area contributed by atoms with Gasteiger partial charge in [0.05, 0.1) is 12.1 Å². The molecule has 504 valence electrons. The molecule has 33 heteroatoms. The fraction of sp³-hybridized carbons (Fsp3) is 0.679. The Morgan fingerprint density at radius 2 is 0.910 bits per heavy atom. The number of unbranched alkanes of at least 4 members (excludes halogenated alkanes) is 4. The number of aliphatic imine (C=N–C) groups is 2. The maximum absolute atomic E-state index is 14.1. The number of hydrogen-bond donors (Lipinski definition) is 20. The predicted octanol–water partition coefficient (Wildman–Crippen LogP) is -2.95. The van der Waals surface area contributed by atoms with Gasteiger partial charge >= 0.3 is 6.03 Å². The molecular weight excluding hydrogens is 1210 g/mol. The van der Waals surface area contributed by atoms with Crippen molar-refractivity contribution in [3.63, 3.8) is 0 Å². The van der Waals surface area contributed by atoms with Crippen LogP contribution in [0.1, 0.15) is 116 Å². The first-order valence-electron chi connectivity index (χ1n) is 30.1. The average Bonchev–Trinajstić information content (AvgIpc) is 3.69. The van der Waals surface area contributed by atoms with Gasteiger partial charge in [-0.1, -0.05) is 26.0 Å². The van der Waals surface area contributed by atoms with Crippen molar-refractivity contribution in [2.24, 2.45) is 50.3 Å². The number of phenols is 1. The molecule has 0 fully saturated rings. The van der Waals surface area contributed by atoms with Crippen LogP contribution in [-0.2, 0) is 49.6 Å². The molecule has 0 aliphatic heterocycles. The monoisotopic (exact) mass is 1310 g/mol. The van der Waals surface area contributed by atoms with Gasteiger partial charge < -0.3 is 98.0 Å². The van der Waals surface area contributed by atoms with Crippen molar-refractivity contribution in [1.29, 1.82) is 0 Å². The smallest absolute Gasteiger partial charge is 0.312 e. The number of hydrogen-bond acceptors (Lipinski definition) is 18. The van der Waals surface area contributed by atoms with Crippen LogP contribution in [0.2, 0.25) is 0 Å². The summed E-state index contributed by atoms with van der Waals surface area (Å²) in [6.07, 6.45) is 8.28. The first kappa shape index (κ1) is 80.0. The van der Waals surface area contributed by atoms with Crippen LogP contribution in [0.4, 0.5) is 4.79 Å². The molecule has 0 saturated carbocycles. The van der Waals surface area contributed by atoms with Crippen LogP contribution < -0.4 is 92.9 Å². The fourth-order valence-electron chi connectivity index (χ4n) is 8.57. The number of aromatic hydroxyl groups is 1. The number of amides is 11. The minimum atomic E-state index is -1.16. The second-order valence-electron chi connectivity index (χ2n) is 21.4. The van der Waals surface area contributed by atoms with Gasteiger partial charge in [-0.15, -0.1) is 0 Å². The number of rotatable bonds is 50. The van der Waals surface area contributed by atoms with Crippen molar-refractivity contribution in [3.05, 3.63) is 29.8 Å². The SMILES string of the molecule is CSCC[C@H](NC(=O)[C@H](CS)NC(=O)[C@H](CCCN=C(N)N)NC(N)=O)C(=O)NCCCCC(=O)NCCCCN[C@@H](CCCN=C(N)N)C(=O)N[C@H](C(=O)N[C@@H](Cc1ccc(O)cc1)C(=O)NCCCCC(=O)NCCCCN[C@@H](CS)C(N)=O)C(C)C. The van der Waals surface area contributed by atoms with Crippen molar-refractivity contribution in [3.8, 4) is 5.75 Å². The number of phenolic OH excluding ortho intramolecular Hbond substituents is 1. The Balaban J connectivity index is 2.77. The molecular formula is C56H101N19O11S3. The van der Waals surface area contributed by atoms with Crippen LogP contribution in [0.15, 0.2) is 34.3 Å². The molecule has 0 heterocycles.